The lowest BCUT2D eigenvalue weighted by Crippen LogP contribution is -2.06. The van der Waals surface area contributed by atoms with Crippen molar-refractivity contribution in [1.29, 1.82) is 0 Å². The minimum Gasteiger partial charge on any atom is -0.371 e. The van der Waals surface area contributed by atoms with Gasteiger partial charge >= 0.3 is 6.18 Å². The molecule has 0 aliphatic rings. The molecule has 2 rings (SSSR count). The second-order valence-electron chi connectivity index (χ2n) is 4.17. The maximum absolute atomic E-state index is 12.5. The third-order valence-corrected chi connectivity index (χ3v) is 2.70. The summed E-state index contributed by atoms with van der Waals surface area (Å²) in [6.07, 6.45) is -4.42. The van der Waals surface area contributed by atoms with Gasteiger partial charge in [-0.25, -0.2) is 0 Å². The summed E-state index contributed by atoms with van der Waals surface area (Å²) in [6.45, 7) is 0. The average molecular weight is 312 g/mol. The van der Waals surface area contributed by atoms with Crippen LogP contribution in [0, 0.1) is 4.91 Å². The van der Waals surface area contributed by atoms with Crippen LogP contribution in [-0.2, 0) is 6.18 Å². The third-order valence-electron chi connectivity index (χ3n) is 2.70. The highest BCUT2D eigenvalue weighted by Gasteiger charge is 2.30. The number of anilines is 4. The fourth-order valence-corrected chi connectivity index (χ4v) is 1.70. The molecule has 22 heavy (non-hydrogen) atoms. The summed E-state index contributed by atoms with van der Waals surface area (Å²) in [6, 6.07) is 4.21. The number of aromatic nitrogens is 2. The lowest BCUT2D eigenvalue weighted by Gasteiger charge is -2.11. The van der Waals surface area contributed by atoms with Gasteiger partial charge in [0.1, 0.15) is 0 Å². The Morgan fingerprint density at radius 3 is 2.23 bits per heavy atom. The van der Waals surface area contributed by atoms with Crippen molar-refractivity contribution in [2.75, 3.05) is 23.4 Å². The molecule has 0 radical (unpaired) electrons. The van der Waals surface area contributed by atoms with Crippen molar-refractivity contribution in [3.63, 3.8) is 0 Å². The van der Waals surface area contributed by atoms with E-state index in [2.05, 4.69) is 25.8 Å². The van der Waals surface area contributed by atoms with Gasteiger partial charge in [-0.1, -0.05) is 0 Å². The van der Waals surface area contributed by atoms with Crippen LogP contribution in [0.2, 0.25) is 0 Å². The molecule has 0 amide bonds. The molecule has 0 unspecified atom stereocenters. The van der Waals surface area contributed by atoms with E-state index in [0.29, 0.717) is 0 Å². The van der Waals surface area contributed by atoms with Crippen molar-refractivity contribution in [3.8, 4) is 0 Å². The predicted octanol–water partition coefficient (Wildman–Crippen LogP) is 3.26. The first-order valence-corrected chi connectivity index (χ1v) is 5.98. The zero-order chi connectivity index (χ0) is 16.3. The van der Waals surface area contributed by atoms with E-state index in [1.54, 1.807) is 0 Å². The molecule has 0 fully saturated rings. The molecule has 1 aromatic heterocycles. The Kier molecular flexibility index (Phi) is 4.11. The Balaban J connectivity index is 2.35. The van der Waals surface area contributed by atoms with Crippen LogP contribution < -0.4 is 16.4 Å². The maximum atomic E-state index is 12.5. The van der Waals surface area contributed by atoms with Gasteiger partial charge in [-0.15, -0.1) is 4.91 Å². The Hall–Kier alpha value is -2.91. The highest BCUT2D eigenvalue weighted by Crippen LogP contribution is 2.34. The quantitative estimate of drug-likeness (QED) is 0.748. The number of nitrogens with two attached hydrogens (primary N) is 1. The minimum absolute atomic E-state index is 0.00777. The van der Waals surface area contributed by atoms with Crippen molar-refractivity contribution in [2.45, 2.75) is 6.18 Å². The number of rotatable bonds is 4. The number of nitroso groups, excluding NO2 is 1. The summed E-state index contributed by atoms with van der Waals surface area (Å²) in [4.78, 5) is 18.5. The monoisotopic (exact) mass is 312 g/mol. The normalized spacial score (nSPS) is 11.1. The van der Waals surface area contributed by atoms with Crippen LogP contribution in [0.5, 0.6) is 0 Å². The predicted molar refractivity (Wildman–Crippen MR) is 76.2 cm³/mol. The molecule has 1 heterocycles. The van der Waals surface area contributed by atoms with Crippen LogP contribution in [0.15, 0.2) is 29.4 Å². The Bertz CT molecular complexity index is 686. The summed E-state index contributed by atoms with van der Waals surface area (Å²) in [7, 11) is 1.51. The van der Waals surface area contributed by atoms with Crippen LogP contribution in [0.4, 0.5) is 42.1 Å². The van der Waals surface area contributed by atoms with E-state index < -0.39 is 11.7 Å². The second kappa shape index (κ2) is 5.84. The van der Waals surface area contributed by atoms with Crippen molar-refractivity contribution >= 4 is 29.0 Å². The largest absolute Gasteiger partial charge is 0.416 e. The van der Waals surface area contributed by atoms with Gasteiger partial charge in [-0.2, -0.15) is 23.1 Å². The fourth-order valence-electron chi connectivity index (χ4n) is 1.70. The van der Waals surface area contributed by atoms with E-state index in [0.717, 1.165) is 12.1 Å². The van der Waals surface area contributed by atoms with Crippen LogP contribution >= 0.6 is 0 Å². The van der Waals surface area contributed by atoms with Crippen molar-refractivity contribution in [1.82, 2.24) is 9.97 Å². The SMILES string of the molecule is CNc1nc(N)nc(Nc2ccc(C(F)(F)F)cc2)c1N=O. The van der Waals surface area contributed by atoms with Crippen LogP contribution in [0.1, 0.15) is 5.56 Å². The molecule has 0 aliphatic heterocycles. The number of benzene rings is 1. The van der Waals surface area contributed by atoms with Gasteiger partial charge in [0.25, 0.3) is 0 Å². The molecule has 0 bridgehead atoms. The Morgan fingerprint density at radius 2 is 1.73 bits per heavy atom. The van der Waals surface area contributed by atoms with E-state index in [1.807, 2.05) is 0 Å². The van der Waals surface area contributed by atoms with Crippen molar-refractivity contribution < 1.29 is 13.2 Å². The Morgan fingerprint density at radius 1 is 1.14 bits per heavy atom. The highest BCUT2D eigenvalue weighted by atomic mass is 19.4. The van der Waals surface area contributed by atoms with Crippen molar-refractivity contribution in [3.05, 3.63) is 34.7 Å². The van der Waals surface area contributed by atoms with Gasteiger partial charge in [0.05, 0.1) is 5.56 Å². The maximum Gasteiger partial charge on any atom is 0.416 e. The van der Waals surface area contributed by atoms with Crippen LogP contribution in [-0.4, -0.2) is 17.0 Å². The number of halogens is 3. The molecule has 0 atom stereocenters. The zero-order valence-corrected chi connectivity index (χ0v) is 11.3. The van der Waals surface area contributed by atoms with Gasteiger partial charge < -0.3 is 16.4 Å². The van der Waals surface area contributed by atoms with Gasteiger partial charge in [0.2, 0.25) is 5.95 Å². The summed E-state index contributed by atoms with van der Waals surface area (Å²) in [5.74, 6) is -0.0188. The molecule has 7 nitrogen and oxygen atoms in total. The van der Waals surface area contributed by atoms with Gasteiger partial charge in [0, 0.05) is 12.7 Å². The zero-order valence-electron chi connectivity index (χ0n) is 11.3. The van der Waals surface area contributed by atoms with Crippen molar-refractivity contribution in [2.24, 2.45) is 5.18 Å². The number of alkyl halides is 3. The fraction of sp³-hybridized carbons (Fsp3) is 0.167. The van der Waals surface area contributed by atoms with E-state index in [9.17, 15) is 18.1 Å². The first kappa shape index (κ1) is 15.5. The standard InChI is InChI=1S/C12H11F3N6O/c1-17-9-8(21-22)10(20-11(16)19-9)18-7-4-2-6(3-5-7)12(13,14)15/h2-5H,1H3,(H4,16,17,18,19,20). The first-order valence-electron chi connectivity index (χ1n) is 5.98. The average Bonchev–Trinajstić information content (AvgIpc) is 2.46. The van der Waals surface area contributed by atoms with E-state index >= 15 is 0 Å². The van der Waals surface area contributed by atoms with E-state index in [1.165, 1.54) is 19.2 Å². The van der Waals surface area contributed by atoms with E-state index in [4.69, 9.17) is 5.73 Å². The smallest absolute Gasteiger partial charge is 0.371 e. The summed E-state index contributed by atoms with van der Waals surface area (Å²) in [5, 5.41) is 8.11. The molecule has 0 spiro atoms. The molecule has 116 valence electrons. The van der Waals surface area contributed by atoms with Crippen LogP contribution in [0.25, 0.3) is 0 Å². The molecule has 2 aromatic rings. The lowest BCUT2D eigenvalue weighted by atomic mass is 10.2. The minimum atomic E-state index is -4.42. The number of nitrogens with zero attached hydrogens (tertiary/aromatic N) is 3. The summed E-state index contributed by atoms with van der Waals surface area (Å²) >= 11 is 0. The number of hydrogen-bond acceptors (Lipinski definition) is 7. The molecular weight excluding hydrogens is 301 g/mol. The second-order valence-corrected chi connectivity index (χ2v) is 4.17. The lowest BCUT2D eigenvalue weighted by molar-refractivity contribution is -0.137. The number of hydrogen-bond donors (Lipinski definition) is 3. The third kappa shape index (κ3) is 3.22. The van der Waals surface area contributed by atoms with Crippen LogP contribution in [0.3, 0.4) is 0 Å². The molecule has 1 aromatic carbocycles. The summed E-state index contributed by atoms with van der Waals surface area (Å²) < 4.78 is 37.5. The Labute approximate surface area is 122 Å². The molecule has 0 saturated carbocycles. The summed E-state index contributed by atoms with van der Waals surface area (Å²) in [5.41, 5.74) is 4.87. The van der Waals surface area contributed by atoms with Gasteiger partial charge in [0.15, 0.2) is 17.3 Å². The number of nitrogens with one attached hydrogen (secondary N) is 2. The molecular formula is C12H11F3N6O. The molecule has 10 heteroatoms. The van der Waals surface area contributed by atoms with Gasteiger partial charge in [-0.05, 0) is 29.4 Å². The number of nitrogen functional groups attached to an aromatic ring is 1. The molecule has 4 N–H and O–H groups in total. The van der Waals surface area contributed by atoms with E-state index in [-0.39, 0.29) is 29.0 Å². The molecule has 0 aliphatic carbocycles. The topological polar surface area (TPSA) is 105 Å². The van der Waals surface area contributed by atoms with Gasteiger partial charge in [-0.3, -0.25) is 0 Å². The first-order chi connectivity index (χ1) is 10.3. The highest BCUT2D eigenvalue weighted by molar-refractivity contribution is 5.78. The molecule has 0 saturated heterocycles.